The van der Waals surface area contributed by atoms with Crippen molar-refractivity contribution in [1.29, 1.82) is 0 Å². The number of ether oxygens (including phenoxy) is 1. The van der Waals surface area contributed by atoms with Crippen molar-refractivity contribution in [2.75, 3.05) is 30.0 Å². The number of nitrogens with zero attached hydrogens (tertiary/aromatic N) is 3. The smallest absolute Gasteiger partial charge is 0.337 e. The van der Waals surface area contributed by atoms with Gasteiger partial charge in [0.05, 0.1) is 35.1 Å². The number of piperidine rings is 1. The van der Waals surface area contributed by atoms with Crippen LogP contribution in [0.25, 0.3) is 11.3 Å². The molecule has 2 aliphatic rings. The summed E-state index contributed by atoms with van der Waals surface area (Å²) in [5.41, 5.74) is 4.11. The molecule has 2 aromatic heterocycles. The first-order valence-electron chi connectivity index (χ1n) is 13.8. The van der Waals surface area contributed by atoms with Crippen molar-refractivity contribution in [3.05, 3.63) is 101 Å². The number of hydrogen-bond acceptors (Lipinski definition) is 6. The summed E-state index contributed by atoms with van der Waals surface area (Å²) in [6, 6.07) is 22.5. The van der Waals surface area contributed by atoms with E-state index in [-0.39, 0.29) is 18.1 Å². The van der Waals surface area contributed by atoms with Crippen LogP contribution in [-0.4, -0.2) is 36.3 Å². The number of benzene rings is 2. The minimum absolute atomic E-state index is 0.244. The van der Waals surface area contributed by atoms with Crippen molar-refractivity contribution in [1.82, 2.24) is 10.3 Å². The second-order valence-electron chi connectivity index (χ2n) is 10.6. The van der Waals surface area contributed by atoms with Gasteiger partial charge >= 0.3 is 5.97 Å². The third kappa shape index (κ3) is 5.42. The number of halogens is 1. The molecule has 2 aliphatic heterocycles. The molecule has 4 aromatic rings. The zero-order chi connectivity index (χ0) is 28.5. The molecule has 0 amide bonds. The van der Waals surface area contributed by atoms with Gasteiger partial charge in [-0.2, -0.15) is 0 Å². The number of aromatic nitrogens is 1. The monoisotopic (exact) mass is 586 g/mol. The van der Waals surface area contributed by atoms with Crippen LogP contribution in [0.2, 0.25) is 5.02 Å². The maximum absolute atomic E-state index is 11.9. The predicted octanol–water partition coefficient (Wildman–Crippen LogP) is 7.20. The number of carbonyl (C=O) groups excluding carboxylic acids is 1. The lowest BCUT2D eigenvalue weighted by molar-refractivity contribution is 0.0600. The average Bonchev–Trinajstić information content (AvgIpc) is 3.62. The van der Waals surface area contributed by atoms with Gasteiger partial charge in [0.2, 0.25) is 0 Å². The highest BCUT2D eigenvalue weighted by atomic mass is 35.5. The highest BCUT2D eigenvalue weighted by molar-refractivity contribution is 7.80. The van der Waals surface area contributed by atoms with E-state index < -0.39 is 0 Å². The van der Waals surface area contributed by atoms with E-state index in [0.717, 1.165) is 60.2 Å². The fraction of sp³-hybridized carbons (Fsp3) is 0.281. The van der Waals surface area contributed by atoms with Gasteiger partial charge in [0.1, 0.15) is 17.6 Å². The molecular formula is C32H31ClN4O3S. The summed E-state index contributed by atoms with van der Waals surface area (Å²) < 4.78 is 11.3. The summed E-state index contributed by atoms with van der Waals surface area (Å²) >= 11 is 12.8. The van der Waals surface area contributed by atoms with Crippen LogP contribution in [0.15, 0.2) is 83.4 Å². The van der Waals surface area contributed by atoms with E-state index in [1.807, 2.05) is 48.5 Å². The third-order valence-corrected chi connectivity index (χ3v) is 8.56. The van der Waals surface area contributed by atoms with Crippen LogP contribution in [0.5, 0.6) is 0 Å². The third-order valence-electron chi connectivity index (χ3n) is 7.94. The zero-order valence-electron chi connectivity index (χ0n) is 22.9. The molecular weight excluding hydrogens is 556 g/mol. The number of methoxy groups -OCH3 is 1. The molecule has 41 heavy (non-hydrogen) atoms. The molecule has 2 atom stereocenters. The minimum atomic E-state index is -0.379. The first-order valence-corrected chi connectivity index (χ1v) is 14.5. The lowest BCUT2D eigenvalue weighted by atomic mass is 9.98. The maximum Gasteiger partial charge on any atom is 0.337 e. The van der Waals surface area contributed by atoms with Gasteiger partial charge < -0.3 is 24.3 Å². The van der Waals surface area contributed by atoms with Gasteiger partial charge in [0.15, 0.2) is 5.11 Å². The number of pyridine rings is 1. The van der Waals surface area contributed by atoms with Crippen LogP contribution in [0, 0.1) is 5.92 Å². The van der Waals surface area contributed by atoms with Crippen LogP contribution in [-0.2, 0) is 4.74 Å². The van der Waals surface area contributed by atoms with E-state index >= 15 is 0 Å². The van der Waals surface area contributed by atoms with Crippen molar-refractivity contribution in [2.45, 2.75) is 31.8 Å². The Balaban J connectivity index is 1.35. The highest BCUT2D eigenvalue weighted by Gasteiger charge is 2.43. The van der Waals surface area contributed by atoms with Crippen molar-refractivity contribution in [3.8, 4) is 11.3 Å². The Labute approximate surface area is 250 Å². The van der Waals surface area contributed by atoms with Crippen molar-refractivity contribution in [3.63, 3.8) is 0 Å². The molecule has 0 saturated carbocycles. The van der Waals surface area contributed by atoms with Gasteiger partial charge in [-0.05, 0) is 85.6 Å². The number of furan rings is 1. The Bertz CT molecular complexity index is 1550. The quantitative estimate of drug-likeness (QED) is 0.188. The van der Waals surface area contributed by atoms with Crippen LogP contribution in [0.4, 0.5) is 11.4 Å². The van der Waals surface area contributed by atoms with Crippen molar-refractivity contribution in [2.24, 2.45) is 5.92 Å². The Kier molecular flexibility index (Phi) is 7.69. The number of carbonyl (C=O) groups is 1. The molecule has 2 aromatic carbocycles. The summed E-state index contributed by atoms with van der Waals surface area (Å²) in [6.45, 7) is 4.31. The number of thiocarbonyl (C=S) groups is 1. The van der Waals surface area contributed by atoms with E-state index in [2.05, 4.69) is 39.2 Å². The van der Waals surface area contributed by atoms with Crippen LogP contribution in [0.3, 0.4) is 0 Å². The summed E-state index contributed by atoms with van der Waals surface area (Å²) in [4.78, 5) is 20.9. The lowest BCUT2D eigenvalue weighted by Crippen LogP contribution is -2.33. The number of hydrogen-bond donors (Lipinski definition) is 1. The van der Waals surface area contributed by atoms with Crippen LogP contribution in [0.1, 0.15) is 53.7 Å². The van der Waals surface area contributed by atoms with Gasteiger partial charge in [-0.25, -0.2) is 4.79 Å². The van der Waals surface area contributed by atoms with Crippen LogP contribution < -0.4 is 15.1 Å². The molecule has 2 saturated heterocycles. The first-order chi connectivity index (χ1) is 19.9. The molecule has 4 heterocycles. The molecule has 7 nitrogen and oxygen atoms in total. The minimum Gasteiger partial charge on any atom is -0.465 e. The number of anilines is 2. The molecule has 9 heteroatoms. The van der Waals surface area contributed by atoms with Gasteiger partial charge in [-0.1, -0.05) is 36.7 Å². The normalized spacial score (nSPS) is 19.3. The molecule has 1 N–H and O–H groups in total. The average molecular weight is 587 g/mol. The van der Waals surface area contributed by atoms with E-state index in [0.29, 0.717) is 21.5 Å². The fourth-order valence-corrected chi connectivity index (χ4v) is 6.27. The zero-order valence-corrected chi connectivity index (χ0v) is 24.5. The van der Waals surface area contributed by atoms with E-state index in [1.165, 1.54) is 7.11 Å². The molecule has 6 rings (SSSR count). The van der Waals surface area contributed by atoms with Crippen molar-refractivity contribution < 1.29 is 13.9 Å². The number of rotatable bonds is 6. The fourth-order valence-electron chi connectivity index (χ4n) is 5.63. The molecule has 0 bridgehead atoms. The standard InChI is InChI=1S/C32H31ClN4O3S/c1-20-14-17-36(18-15-20)26-11-10-23(19-24(26)33)37-30(29(35-32(37)41)25-5-3-4-16-34-25)28-13-12-27(40-28)21-6-8-22(9-7-21)31(38)39-2/h3-13,16,19-20,29-30H,14-15,17-18H2,1-2H3,(H,35,41)/t29-,30-/m0/s1. The van der Waals surface area contributed by atoms with E-state index in [4.69, 9.17) is 33.0 Å². The SMILES string of the molecule is COC(=O)c1ccc(-c2ccc([C@H]3[C@H](c4ccccn4)NC(=S)N3c3ccc(N4CCC(C)CC4)c(Cl)c3)o2)cc1. The van der Waals surface area contributed by atoms with Gasteiger partial charge in [-0.3, -0.25) is 4.98 Å². The largest absolute Gasteiger partial charge is 0.465 e. The van der Waals surface area contributed by atoms with Gasteiger partial charge in [-0.15, -0.1) is 0 Å². The van der Waals surface area contributed by atoms with Gasteiger partial charge in [0, 0.05) is 30.5 Å². The molecule has 210 valence electrons. The Morgan fingerprint density at radius 2 is 1.85 bits per heavy atom. The predicted molar refractivity (Wildman–Crippen MR) is 165 cm³/mol. The van der Waals surface area contributed by atoms with E-state index in [9.17, 15) is 4.79 Å². The highest BCUT2D eigenvalue weighted by Crippen LogP contribution is 2.44. The Morgan fingerprint density at radius 1 is 1.07 bits per heavy atom. The molecule has 0 aliphatic carbocycles. The molecule has 0 unspecified atom stereocenters. The topological polar surface area (TPSA) is 70.8 Å². The van der Waals surface area contributed by atoms with Crippen LogP contribution >= 0.6 is 23.8 Å². The van der Waals surface area contributed by atoms with E-state index in [1.54, 1.807) is 18.3 Å². The summed E-state index contributed by atoms with van der Waals surface area (Å²) in [7, 11) is 1.37. The molecule has 0 spiro atoms. The second-order valence-corrected chi connectivity index (χ2v) is 11.4. The maximum atomic E-state index is 11.9. The molecule has 0 radical (unpaired) electrons. The first kappa shape index (κ1) is 27.3. The Hall–Kier alpha value is -3.88. The lowest BCUT2D eigenvalue weighted by Gasteiger charge is -2.33. The molecule has 2 fully saturated rings. The summed E-state index contributed by atoms with van der Waals surface area (Å²) in [5.74, 6) is 1.77. The number of nitrogens with one attached hydrogen (secondary N) is 1. The number of esters is 1. The van der Waals surface area contributed by atoms with Crippen molar-refractivity contribution >= 4 is 46.3 Å². The second kappa shape index (κ2) is 11.5. The Morgan fingerprint density at radius 3 is 2.54 bits per heavy atom. The summed E-state index contributed by atoms with van der Waals surface area (Å²) in [5, 5.41) is 4.75. The van der Waals surface area contributed by atoms with Gasteiger partial charge in [0.25, 0.3) is 0 Å². The summed E-state index contributed by atoms with van der Waals surface area (Å²) in [6.07, 6.45) is 4.11.